The molecule has 0 bridgehead atoms. The zero-order chi connectivity index (χ0) is 13.8. The number of amides is 1. The predicted molar refractivity (Wildman–Crippen MR) is 69.1 cm³/mol. The monoisotopic (exact) mass is 284 g/mol. The molecule has 2 N–H and O–H groups in total. The summed E-state index contributed by atoms with van der Waals surface area (Å²) in [7, 11) is 0. The summed E-state index contributed by atoms with van der Waals surface area (Å²) in [6, 6.07) is 0. The highest BCUT2D eigenvalue weighted by atomic mass is 32.1. The molecule has 7 heteroatoms. The van der Waals surface area contributed by atoms with Crippen LogP contribution in [0.1, 0.15) is 35.3 Å². The normalized spacial score (nSPS) is 23.0. The highest BCUT2D eigenvalue weighted by molar-refractivity contribution is 7.09. The molecule has 1 aliphatic heterocycles. The lowest BCUT2D eigenvalue weighted by Gasteiger charge is -2.26. The van der Waals surface area contributed by atoms with Gasteiger partial charge in [-0.1, -0.05) is 0 Å². The second-order valence-electron chi connectivity index (χ2n) is 4.55. The maximum atomic E-state index is 12.0. The van der Waals surface area contributed by atoms with Crippen LogP contribution in [0.3, 0.4) is 0 Å². The van der Waals surface area contributed by atoms with E-state index in [1.807, 2.05) is 6.92 Å². The predicted octanol–water partition coefficient (Wildman–Crippen LogP) is 1.27. The average molecular weight is 284 g/mol. The van der Waals surface area contributed by atoms with Crippen molar-refractivity contribution in [3.63, 3.8) is 0 Å². The Bertz CT molecular complexity index is 474. The van der Waals surface area contributed by atoms with Crippen molar-refractivity contribution in [1.29, 1.82) is 0 Å². The van der Waals surface area contributed by atoms with Gasteiger partial charge in [0.2, 0.25) is 5.91 Å². The van der Waals surface area contributed by atoms with E-state index in [0.717, 1.165) is 12.8 Å². The van der Waals surface area contributed by atoms with Crippen LogP contribution in [0.2, 0.25) is 0 Å². The van der Waals surface area contributed by atoms with E-state index in [9.17, 15) is 9.59 Å². The van der Waals surface area contributed by atoms with Crippen molar-refractivity contribution in [2.45, 2.75) is 32.4 Å². The lowest BCUT2D eigenvalue weighted by molar-refractivity contribution is -0.129. The highest BCUT2D eigenvalue weighted by Gasteiger charge is 2.25. The van der Waals surface area contributed by atoms with Crippen LogP contribution in [0.5, 0.6) is 0 Å². The van der Waals surface area contributed by atoms with Crippen molar-refractivity contribution in [1.82, 2.24) is 10.3 Å². The van der Waals surface area contributed by atoms with Gasteiger partial charge in [0.1, 0.15) is 5.01 Å². The van der Waals surface area contributed by atoms with Crippen LogP contribution in [0.4, 0.5) is 0 Å². The molecule has 104 valence electrons. The standard InChI is InChI=1S/C12H16N2O4S/c1-7-4-8(2-3-18-7)11(15)13-5-10-14-9(6-19-10)12(16)17/h6-8H,2-5H2,1H3,(H,13,15)(H,16,17). The van der Waals surface area contributed by atoms with E-state index in [-0.39, 0.29) is 30.2 Å². The minimum absolute atomic E-state index is 0.0118. The molecule has 2 unspecified atom stereocenters. The topological polar surface area (TPSA) is 88.5 Å². The first kappa shape index (κ1) is 14.0. The fourth-order valence-corrected chi connectivity index (χ4v) is 2.74. The van der Waals surface area contributed by atoms with Gasteiger partial charge >= 0.3 is 5.97 Å². The minimum Gasteiger partial charge on any atom is -0.476 e. The molecule has 1 amide bonds. The van der Waals surface area contributed by atoms with Gasteiger partial charge < -0.3 is 15.2 Å². The van der Waals surface area contributed by atoms with Gasteiger partial charge in [-0.3, -0.25) is 4.79 Å². The van der Waals surface area contributed by atoms with Crippen LogP contribution in [0.15, 0.2) is 5.38 Å². The second kappa shape index (κ2) is 6.12. The number of nitrogens with one attached hydrogen (secondary N) is 1. The van der Waals surface area contributed by atoms with Crippen molar-refractivity contribution < 1.29 is 19.4 Å². The van der Waals surface area contributed by atoms with E-state index in [0.29, 0.717) is 11.6 Å². The van der Waals surface area contributed by atoms with Crippen LogP contribution in [0.25, 0.3) is 0 Å². The largest absolute Gasteiger partial charge is 0.476 e. The molecule has 0 aromatic carbocycles. The van der Waals surface area contributed by atoms with Crippen LogP contribution in [0, 0.1) is 5.92 Å². The van der Waals surface area contributed by atoms with Crippen molar-refractivity contribution in [2.75, 3.05) is 6.61 Å². The summed E-state index contributed by atoms with van der Waals surface area (Å²) in [5.74, 6) is -1.09. The van der Waals surface area contributed by atoms with Crippen LogP contribution in [-0.2, 0) is 16.1 Å². The third kappa shape index (κ3) is 3.74. The highest BCUT2D eigenvalue weighted by Crippen LogP contribution is 2.20. The maximum absolute atomic E-state index is 12.0. The third-order valence-electron chi connectivity index (χ3n) is 3.04. The summed E-state index contributed by atoms with van der Waals surface area (Å²) in [6.45, 7) is 2.85. The van der Waals surface area contributed by atoms with Gasteiger partial charge in [-0.05, 0) is 19.8 Å². The summed E-state index contributed by atoms with van der Waals surface area (Å²) in [6.07, 6.45) is 1.57. The Hall–Kier alpha value is -1.47. The Labute approximate surface area is 114 Å². The van der Waals surface area contributed by atoms with Crippen molar-refractivity contribution in [3.05, 3.63) is 16.1 Å². The van der Waals surface area contributed by atoms with E-state index >= 15 is 0 Å². The number of ether oxygens (including phenoxy) is 1. The molecule has 2 atom stereocenters. The molecule has 0 radical (unpaired) electrons. The number of carboxylic acid groups (broad SMARTS) is 1. The number of hydrogen-bond donors (Lipinski definition) is 2. The van der Waals surface area contributed by atoms with Crippen LogP contribution < -0.4 is 5.32 Å². The third-order valence-corrected chi connectivity index (χ3v) is 3.89. The maximum Gasteiger partial charge on any atom is 0.355 e. The first-order valence-electron chi connectivity index (χ1n) is 6.13. The molecule has 2 heterocycles. The number of nitrogens with zero attached hydrogens (tertiary/aromatic N) is 1. The number of rotatable bonds is 4. The van der Waals surface area contributed by atoms with Crippen molar-refractivity contribution >= 4 is 23.2 Å². The molecule has 1 aromatic rings. The molecule has 19 heavy (non-hydrogen) atoms. The Kier molecular flexibility index (Phi) is 4.49. The number of hydrogen-bond acceptors (Lipinski definition) is 5. The van der Waals surface area contributed by atoms with E-state index < -0.39 is 5.97 Å². The van der Waals surface area contributed by atoms with Crippen molar-refractivity contribution in [3.8, 4) is 0 Å². The molecular formula is C12H16N2O4S. The Morgan fingerprint density at radius 3 is 3.05 bits per heavy atom. The quantitative estimate of drug-likeness (QED) is 0.869. The first-order valence-corrected chi connectivity index (χ1v) is 7.01. The van der Waals surface area contributed by atoms with Gasteiger partial charge in [-0.15, -0.1) is 11.3 Å². The summed E-state index contributed by atoms with van der Waals surface area (Å²) in [5.41, 5.74) is 0.0222. The molecule has 1 saturated heterocycles. The number of aromatic nitrogens is 1. The fraction of sp³-hybridized carbons (Fsp3) is 0.583. The summed E-state index contributed by atoms with van der Waals surface area (Å²) < 4.78 is 5.40. The van der Waals surface area contributed by atoms with Gasteiger partial charge in [0.25, 0.3) is 0 Å². The molecule has 6 nitrogen and oxygen atoms in total. The number of thiazole rings is 1. The molecule has 2 rings (SSSR count). The van der Waals surface area contributed by atoms with E-state index in [2.05, 4.69) is 10.3 Å². The smallest absolute Gasteiger partial charge is 0.355 e. The zero-order valence-corrected chi connectivity index (χ0v) is 11.4. The summed E-state index contributed by atoms with van der Waals surface area (Å²) in [4.78, 5) is 26.6. The molecular weight excluding hydrogens is 268 g/mol. The van der Waals surface area contributed by atoms with Gasteiger partial charge in [-0.25, -0.2) is 9.78 Å². The summed E-state index contributed by atoms with van der Waals surface area (Å²) in [5, 5.41) is 13.6. The number of carboxylic acids is 1. The molecule has 1 aliphatic rings. The zero-order valence-electron chi connectivity index (χ0n) is 10.6. The number of carbonyl (C=O) groups is 2. The Balaban J connectivity index is 1.84. The van der Waals surface area contributed by atoms with Crippen molar-refractivity contribution in [2.24, 2.45) is 5.92 Å². The fourth-order valence-electron chi connectivity index (χ4n) is 2.03. The first-order chi connectivity index (χ1) is 9.06. The van der Waals surface area contributed by atoms with E-state index in [1.54, 1.807) is 0 Å². The minimum atomic E-state index is -1.05. The molecule has 0 spiro atoms. The molecule has 1 fully saturated rings. The molecule has 0 saturated carbocycles. The number of carbonyl (C=O) groups excluding carboxylic acids is 1. The average Bonchev–Trinajstić information content (AvgIpc) is 2.85. The van der Waals surface area contributed by atoms with Gasteiger partial charge in [0.15, 0.2) is 5.69 Å². The van der Waals surface area contributed by atoms with Gasteiger partial charge in [0, 0.05) is 17.9 Å². The van der Waals surface area contributed by atoms with Crippen LogP contribution >= 0.6 is 11.3 Å². The van der Waals surface area contributed by atoms with Crippen LogP contribution in [-0.4, -0.2) is 34.7 Å². The molecule has 0 aliphatic carbocycles. The van der Waals surface area contributed by atoms with E-state index in [1.165, 1.54) is 16.7 Å². The lowest BCUT2D eigenvalue weighted by Crippen LogP contribution is -2.36. The Morgan fingerprint density at radius 1 is 1.63 bits per heavy atom. The lowest BCUT2D eigenvalue weighted by atomic mass is 9.95. The second-order valence-corrected chi connectivity index (χ2v) is 5.49. The SMILES string of the molecule is CC1CC(C(=O)NCc2nc(C(=O)O)cs2)CCO1. The number of aromatic carboxylic acids is 1. The molecule has 1 aromatic heterocycles. The summed E-state index contributed by atoms with van der Waals surface area (Å²) >= 11 is 1.24. The van der Waals surface area contributed by atoms with Gasteiger partial charge in [0.05, 0.1) is 12.6 Å². The van der Waals surface area contributed by atoms with E-state index in [4.69, 9.17) is 9.84 Å². The Morgan fingerprint density at radius 2 is 2.42 bits per heavy atom. The van der Waals surface area contributed by atoms with Gasteiger partial charge in [-0.2, -0.15) is 0 Å².